The van der Waals surface area contributed by atoms with Crippen LogP contribution in [-0.4, -0.2) is 30.3 Å². The lowest BCUT2D eigenvalue weighted by molar-refractivity contribution is 0.0663. The second kappa shape index (κ2) is 8.87. The lowest BCUT2D eigenvalue weighted by Gasteiger charge is -2.25. The van der Waals surface area contributed by atoms with Gasteiger partial charge in [-0.15, -0.1) is 0 Å². The fourth-order valence-electron chi connectivity index (χ4n) is 3.17. The van der Waals surface area contributed by atoms with Crippen LogP contribution in [0.15, 0.2) is 44.9 Å². The van der Waals surface area contributed by atoms with E-state index in [0.29, 0.717) is 24.3 Å². The van der Waals surface area contributed by atoms with Gasteiger partial charge in [0.2, 0.25) is 0 Å². The highest BCUT2D eigenvalue weighted by atomic mass is 32.2. The van der Waals surface area contributed by atoms with Crippen molar-refractivity contribution < 1.29 is 13.2 Å². The number of aryl methyl sites for hydroxylation is 2. The molecule has 0 radical (unpaired) electrons. The van der Waals surface area contributed by atoms with Crippen molar-refractivity contribution in [2.24, 2.45) is 5.41 Å². The van der Waals surface area contributed by atoms with E-state index < -0.39 is 26.5 Å². The Balaban J connectivity index is 1.87. The molecule has 0 amide bonds. The SMILES string of the molecule is Cc1ccc(S(=O)(=O)CC(C)(C)CCCOCn2ccc(=O)[nH]c2=O)c(C)c1. The van der Waals surface area contributed by atoms with E-state index in [0.717, 1.165) is 11.1 Å². The summed E-state index contributed by atoms with van der Waals surface area (Å²) in [7, 11) is -3.38. The summed E-state index contributed by atoms with van der Waals surface area (Å²) in [6, 6.07) is 6.64. The minimum absolute atomic E-state index is 0.0386. The van der Waals surface area contributed by atoms with Gasteiger partial charge in [0.15, 0.2) is 9.84 Å². The maximum absolute atomic E-state index is 12.8. The van der Waals surface area contributed by atoms with Crippen molar-refractivity contribution in [2.75, 3.05) is 12.4 Å². The fraction of sp³-hybridized carbons (Fsp3) is 0.500. The Morgan fingerprint density at radius 3 is 2.50 bits per heavy atom. The number of hydrogen-bond acceptors (Lipinski definition) is 5. The van der Waals surface area contributed by atoms with E-state index in [1.165, 1.54) is 16.8 Å². The number of H-pyrrole nitrogens is 1. The minimum Gasteiger partial charge on any atom is -0.361 e. The third-order valence-corrected chi connectivity index (χ3v) is 6.81. The Bertz CT molecular complexity index is 1040. The number of hydrogen-bond donors (Lipinski definition) is 1. The molecule has 1 heterocycles. The molecule has 0 aliphatic carbocycles. The molecule has 8 heteroatoms. The van der Waals surface area contributed by atoms with Crippen LogP contribution in [0.2, 0.25) is 0 Å². The van der Waals surface area contributed by atoms with Gasteiger partial charge < -0.3 is 4.74 Å². The predicted molar refractivity (Wildman–Crippen MR) is 108 cm³/mol. The molecule has 2 rings (SSSR count). The van der Waals surface area contributed by atoms with Crippen molar-refractivity contribution >= 4 is 9.84 Å². The molecule has 0 saturated heterocycles. The largest absolute Gasteiger partial charge is 0.361 e. The second-order valence-corrected chi connectivity index (χ2v) is 9.87. The summed E-state index contributed by atoms with van der Waals surface area (Å²) < 4.78 is 32.4. The van der Waals surface area contributed by atoms with Gasteiger partial charge in [0.1, 0.15) is 6.73 Å². The summed E-state index contributed by atoms with van der Waals surface area (Å²) in [6.45, 7) is 8.05. The van der Waals surface area contributed by atoms with E-state index in [-0.39, 0.29) is 12.5 Å². The average Bonchev–Trinajstić information content (AvgIpc) is 2.54. The minimum atomic E-state index is -3.38. The quantitative estimate of drug-likeness (QED) is 0.643. The molecule has 0 spiro atoms. The van der Waals surface area contributed by atoms with Crippen LogP contribution in [0.1, 0.15) is 37.8 Å². The highest BCUT2D eigenvalue weighted by Gasteiger charge is 2.28. The summed E-state index contributed by atoms with van der Waals surface area (Å²) in [4.78, 5) is 25.1. The molecule has 154 valence electrons. The van der Waals surface area contributed by atoms with Gasteiger partial charge in [-0.3, -0.25) is 14.3 Å². The molecule has 0 fully saturated rings. The zero-order valence-electron chi connectivity index (χ0n) is 16.8. The summed E-state index contributed by atoms with van der Waals surface area (Å²) in [6.07, 6.45) is 2.70. The van der Waals surface area contributed by atoms with Gasteiger partial charge in [0, 0.05) is 18.9 Å². The van der Waals surface area contributed by atoms with Crippen LogP contribution >= 0.6 is 0 Å². The van der Waals surface area contributed by atoms with Gasteiger partial charge in [-0.25, -0.2) is 13.2 Å². The lowest BCUT2D eigenvalue weighted by atomic mass is 9.90. The predicted octanol–water partition coefficient (Wildman–Crippen LogP) is 2.41. The van der Waals surface area contributed by atoms with Crippen molar-refractivity contribution in [3.05, 3.63) is 62.4 Å². The standard InChI is InChI=1S/C20H28N2O5S/c1-15-6-7-17(16(2)12-15)28(25,26)13-20(3,4)9-5-11-27-14-22-10-8-18(23)21-19(22)24/h6-8,10,12H,5,9,11,13-14H2,1-4H3,(H,21,23,24). The first-order valence-corrected chi connectivity index (χ1v) is 10.8. The molecule has 28 heavy (non-hydrogen) atoms. The summed E-state index contributed by atoms with van der Waals surface area (Å²) in [5.74, 6) is 0.0588. The number of sulfone groups is 1. The maximum Gasteiger partial charge on any atom is 0.330 e. The average molecular weight is 409 g/mol. The number of benzene rings is 1. The number of aromatic nitrogens is 2. The van der Waals surface area contributed by atoms with E-state index in [1.807, 2.05) is 39.8 Å². The van der Waals surface area contributed by atoms with Crippen LogP contribution in [0.25, 0.3) is 0 Å². The lowest BCUT2D eigenvalue weighted by Crippen LogP contribution is -2.29. The molecular weight excluding hydrogens is 380 g/mol. The normalized spacial score (nSPS) is 12.3. The van der Waals surface area contributed by atoms with Crippen LogP contribution in [-0.2, 0) is 21.3 Å². The molecule has 0 atom stereocenters. The number of aromatic amines is 1. The van der Waals surface area contributed by atoms with E-state index in [9.17, 15) is 18.0 Å². The van der Waals surface area contributed by atoms with E-state index >= 15 is 0 Å². The first-order valence-electron chi connectivity index (χ1n) is 9.18. The Morgan fingerprint density at radius 1 is 1.14 bits per heavy atom. The second-order valence-electron chi connectivity index (χ2n) is 7.91. The topological polar surface area (TPSA) is 98.2 Å². The van der Waals surface area contributed by atoms with E-state index in [2.05, 4.69) is 4.98 Å². The number of nitrogens with zero attached hydrogens (tertiary/aromatic N) is 1. The van der Waals surface area contributed by atoms with Gasteiger partial charge in [-0.2, -0.15) is 0 Å². The number of ether oxygens (including phenoxy) is 1. The summed E-state index contributed by atoms with van der Waals surface area (Å²) in [5, 5.41) is 0. The van der Waals surface area contributed by atoms with Gasteiger partial charge in [0.05, 0.1) is 10.6 Å². The van der Waals surface area contributed by atoms with Gasteiger partial charge in [-0.05, 0) is 43.7 Å². The van der Waals surface area contributed by atoms with Crippen LogP contribution in [0.5, 0.6) is 0 Å². The van der Waals surface area contributed by atoms with Crippen LogP contribution < -0.4 is 11.2 Å². The first-order chi connectivity index (χ1) is 13.0. The van der Waals surface area contributed by atoms with Crippen molar-refractivity contribution in [3.63, 3.8) is 0 Å². The smallest absolute Gasteiger partial charge is 0.330 e. The van der Waals surface area contributed by atoms with E-state index in [4.69, 9.17) is 4.74 Å². The third-order valence-electron chi connectivity index (χ3n) is 4.52. The zero-order valence-corrected chi connectivity index (χ0v) is 17.6. The molecule has 0 aliphatic heterocycles. The Kier molecular flexibility index (Phi) is 7.01. The molecule has 0 aliphatic rings. The monoisotopic (exact) mass is 408 g/mol. The van der Waals surface area contributed by atoms with Crippen molar-refractivity contribution in [1.82, 2.24) is 9.55 Å². The molecule has 1 aromatic carbocycles. The van der Waals surface area contributed by atoms with Crippen molar-refractivity contribution in [3.8, 4) is 0 Å². The molecule has 7 nitrogen and oxygen atoms in total. The highest BCUT2D eigenvalue weighted by molar-refractivity contribution is 7.91. The Hall–Kier alpha value is -2.19. The zero-order chi connectivity index (χ0) is 20.9. The van der Waals surface area contributed by atoms with Crippen LogP contribution in [0.3, 0.4) is 0 Å². The Labute approximate surface area is 165 Å². The molecule has 0 saturated carbocycles. The van der Waals surface area contributed by atoms with Gasteiger partial charge >= 0.3 is 5.69 Å². The Morgan fingerprint density at radius 2 is 1.86 bits per heavy atom. The molecule has 0 unspecified atom stereocenters. The van der Waals surface area contributed by atoms with Crippen LogP contribution in [0.4, 0.5) is 0 Å². The molecule has 1 aromatic heterocycles. The third kappa shape index (κ3) is 6.17. The molecule has 0 bridgehead atoms. The van der Waals surface area contributed by atoms with Gasteiger partial charge in [0.25, 0.3) is 5.56 Å². The number of rotatable bonds is 9. The fourth-order valence-corrected chi connectivity index (χ4v) is 5.33. The van der Waals surface area contributed by atoms with Crippen LogP contribution in [0, 0.1) is 19.3 Å². The van der Waals surface area contributed by atoms with Gasteiger partial charge in [-0.1, -0.05) is 31.5 Å². The maximum atomic E-state index is 12.8. The first kappa shape index (κ1) is 22.1. The van der Waals surface area contributed by atoms with E-state index in [1.54, 1.807) is 6.07 Å². The summed E-state index contributed by atoms with van der Waals surface area (Å²) in [5.41, 5.74) is 0.425. The van der Waals surface area contributed by atoms with Crippen molar-refractivity contribution in [1.29, 1.82) is 0 Å². The molecule has 2 aromatic rings. The number of nitrogens with one attached hydrogen (secondary N) is 1. The van der Waals surface area contributed by atoms with Crippen molar-refractivity contribution in [2.45, 2.75) is 52.2 Å². The summed E-state index contributed by atoms with van der Waals surface area (Å²) >= 11 is 0. The molecule has 1 N–H and O–H groups in total. The molecular formula is C20H28N2O5S. The highest BCUT2D eigenvalue weighted by Crippen LogP contribution is 2.29.